The van der Waals surface area contributed by atoms with E-state index in [1.54, 1.807) is 0 Å². The van der Waals surface area contributed by atoms with E-state index in [2.05, 4.69) is 10.3 Å². The van der Waals surface area contributed by atoms with E-state index in [1.807, 2.05) is 0 Å². The normalized spacial score (nSPS) is 13.5. The molecule has 0 spiro atoms. The first kappa shape index (κ1) is 13.9. The van der Waals surface area contributed by atoms with Gasteiger partial charge in [0.1, 0.15) is 5.56 Å². The summed E-state index contributed by atoms with van der Waals surface area (Å²) in [7, 11) is 1.35. The molecule has 7 nitrogen and oxygen atoms in total. The number of rotatable bonds is 5. The lowest BCUT2D eigenvalue weighted by Crippen LogP contribution is -2.47. The number of aliphatic hydroxyl groups excluding tert-OH is 1. The van der Waals surface area contributed by atoms with Gasteiger partial charge in [0.15, 0.2) is 6.04 Å². The Morgan fingerprint density at radius 2 is 2.17 bits per heavy atom. The van der Waals surface area contributed by atoms with Crippen LogP contribution in [-0.4, -0.2) is 46.3 Å². The molecule has 0 saturated carbocycles. The van der Waals surface area contributed by atoms with Crippen LogP contribution >= 0.6 is 0 Å². The van der Waals surface area contributed by atoms with E-state index in [-0.39, 0.29) is 11.4 Å². The van der Waals surface area contributed by atoms with Crippen molar-refractivity contribution in [1.82, 2.24) is 10.3 Å². The first-order valence-electron chi connectivity index (χ1n) is 5.18. The second-order valence-electron chi connectivity index (χ2n) is 3.59. The van der Waals surface area contributed by atoms with Crippen molar-refractivity contribution in [3.8, 4) is 5.88 Å². The number of carbonyl (C=O) groups excluding carboxylic acids is 1. The van der Waals surface area contributed by atoms with Crippen LogP contribution in [0.5, 0.6) is 5.88 Å². The number of carbonyl (C=O) groups is 2. The summed E-state index contributed by atoms with van der Waals surface area (Å²) < 4.78 is 4.89. The van der Waals surface area contributed by atoms with Crippen LogP contribution in [0.2, 0.25) is 0 Å². The Kier molecular flexibility index (Phi) is 4.61. The lowest BCUT2D eigenvalue weighted by Gasteiger charge is -2.17. The largest absolute Gasteiger partial charge is 0.480 e. The van der Waals surface area contributed by atoms with Gasteiger partial charge in [-0.2, -0.15) is 0 Å². The van der Waals surface area contributed by atoms with Crippen molar-refractivity contribution in [2.24, 2.45) is 0 Å². The number of ether oxygens (including phenoxy) is 1. The standard InChI is InChI=1S/C11H14N2O5/c1-6(14)8(11(16)17)13-9(15)7-4-3-5-12-10(7)18-2/h3-6,8,14H,1-2H3,(H,13,15)(H,16,17)/t6-,8+/m1/s1. The highest BCUT2D eigenvalue weighted by atomic mass is 16.5. The summed E-state index contributed by atoms with van der Waals surface area (Å²) >= 11 is 0. The molecule has 2 atom stereocenters. The maximum absolute atomic E-state index is 11.8. The fourth-order valence-corrected chi connectivity index (χ4v) is 1.33. The van der Waals surface area contributed by atoms with E-state index in [0.29, 0.717) is 0 Å². The minimum Gasteiger partial charge on any atom is -0.480 e. The highest BCUT2D eigenvalue weighted by Gasteiger charge is 2.26. The van der Waals surface area contributed by atoms with Crippen molar-refractivity contribution in [2.45, 2.75) is 19.1 Å². The van der Waals surface area contributed by atoms with Gasteiger partial charge in [-0.15, -0.1) is 0 Å². The van der Waals surface area contributed by atoms with E-state index >= 15 is 0 Å². The van der Waals surface area contributed by atoms with Crippen LogP contribution < -0.4 is 10.1 Å². The molecule has 0 fully saturated rings. The molecule has 3 N–H and O–H groups in total. The molecular formula is C11H14N2O5. The van der Waals surface area contributed by atoms with Crippen molar-refractivity contribution in [3.63, 3.8) is 0 Å². The molecule has 0 aliphatic heterocycles. The molecule has 0 unspecified atom stereocenters. The third-order valence-corrected chi connectivity index (χ3v) is 2.24. The average molecular weight is 254 g/mol. The average Bonchev–Trinajstić information content (AvgIpc) is 2.34. The Balaban J connectivity index is 2.90. The molecule has 98 valence electrons. The van der Waals surface area contributed by atoms with Crippen LogP contribution in [-0.2, 0) is 4.79 Å². The number of aromatic nitrogens is 1. The summed E-state index contributed by atoms with van der Waals surface area (Å²) in [6, 6.07) is 1.58. The topological polar surface area (TPSA) is 109 Å². The van der Waals surface area contributed by atoms with Crippen molar-refractivity contribution >= 4 is 11.9 Å². The number of pyridine rings is 1. The van der Waals surface area contributed by atoms with E-state index in [4.69, 9.17) is 9.84 Å². The van der Waals surface area contributed by atoms with Gasteiger partial charge in [0.2, 0.25) is 5.88 Å². The number of hydrogen-bond donors (Lipinski definition) is 3. The number of amides is 1. The minimum absolute atomic E-state index is 0.0877. The number of carboxylic acid groups (broad SMARTS) is 1. The Labute approximate surface area is 103 Å². The van der Waals surface area contributed by atoms with Gasteiger partial charge in [-0.3, -0.25) is 4.79 Å². The molecule has 0 bridgehead atoms. The van der Waals surface area contributed by atoms with Crippen LogP contribution in [0, 0.1) is 0 Å². The van der Waals surface area contributed by atoms with Crippen LogP contribution in [0.3, 0.4) is 0 Å². The van der Waals surface area contributed by atoms with E-state index in [1.165, 1.54) is 32.4 Å². The van der Waals surface area contributed by atoms with Gasteiger partial charge >= 0.3 is 5.97 Å². The molecular weight excluding hydrogens is 240 g/mol. The molecule has 0 radical (unpaired) electrons. The zero-order valence-corrected chi connectivity index (χ0v) is 9.95. The highest BCUT2D eigenvalue weighted by Crippen LogP contribution is 2.13. The first-order chi connectivity index (χ1) is 8.47. The Morgan fingerprint density at radius 1 is 1.50 bits per heavy atom. The fourth-order valence-electron chi connectivity index (χ4n) is 1.33. The molecule has 1 heterocycles. The number of aliphatic carboxylic acids is 1. The van der Waals surface area contributed by atoms with Crippen LogP contribution in [0.15, 0.2) is 18.3 Å². The first-order valence-corrected chi connectivity index (χ1v) is 5.18. The molecule has 0 aliphatic rings. The molecule has 1 aromatic heterocycles. The van der Waals surface area contributed by atoms with Gasteiger partial charge in [-0.05, 0) is 19.1 Å². The summed E-state index contributed by atoms with van der Waals surface area (Å²) in [5.41, 5.74) is 0.104. The third kappa shape index (κ3) is 3.17. The van der Waals surface area contributed by atoms with Crippen LogP contribution in [0.4, 0.5) is 0 Å². The van der Waals surface area contributed by atoms with Gasteiger partial charge in [0, 0.05) is 6.20 Å². The molecule has 1 rings (SSSR count). The van der Waals surface area contributed by atoms with Crippen LogP contribution in [0.1, 0.15) is 17.3 Å². The summed E-state index contributed by atoms with van der Waals surface area (Å²) in [5, 5.41) is 20.3. The summed E-state index contributed by atoms with van der Waals surface area (Å²) in [4.78, 5) is 26.5. The van der Waals surface area contributed by atoms with Crippen LogP contribution in [0.25, 0.3) is 0 Å². The fraction of sp³-hybridized carbons (Fsp3) is 0.364. The van der Waals surface area contributed by atoms with Crippen molar-refractivity contribution in [3.05, 3.63) is 23.9 Å². The smallest absolute Gasteiger partial charge is 0.328 e. The van der Waals surface area contributed by atoms with Gasteiger partial charge in [0.25, 0.3) is 5.91 Å². The molecule has 1 amide bonds. The number of hydrogen-bond acceptors (Lipinski definition) is 5. The molecule has 18 heavy (non-hydrogen) atoms. The van der Waals surface area contributed by atoms with E-state index in [0.717, 1.165) is 0 Å². The van der Waals surface area contributed by atoms with Gasteiger partial charge in [-0.25, -0.2) is 9.78 Å². The SMILES string of the molecule is COc1ncccc1C(=O)N[C@H](C(=O)O)[C@@H](C)O. The molecule has 0 aromatic carbocycles. The minimum atomic E-state index is -1.39. The Morgan fingerprint density at radius 3 is 2.67 bits per heavy atom. The van der Waals surface area contributed by atoms with Gasteiger partial charge in [0.05, 0.1) is 13.2 Å². The predicted molar refractivity (Wildman–Crippen MR) is 61.4 cm³/mol. The monoisotopic (exact) mass is 254 g/mol. The lowest BCUT2D eigenvalue weighted by atomic mass is 10.1. The van der Waals surface area contributed by atoms with E-state index in [9.17, 15) is 14.7 Å². The molecule has 0 saturated heterocycles. The Bertz CT molecular complexity index is 447. The maximum Gasteiger partial charge on any atom is 0.328 e. The number of carboxylic acids is 1. The maximum atomic E-state index is 11.8. The van der Waals surface area contributed by atoms with Crippen molar-refractivity contribution in [2.75, 3.05) is 7.11 Å². The number of methoxy groups -OCH3 is 1. The number of nitrogens with zero attached hydrogens (tertiary/aromatic N) is 1. The summed E-state index contributed by atoms with van der Waals surface area (Å²) in [5.74, 6) is -1.90. The molecule has 7 heteroatoms. The third-order valence-electron chi connectivity index (χ3n) is 2.24. The van der Waals surface area contributed by atoms with Gasteiger partial charge in [-0.1, -0.05) is 0 Å². The second kappa shape index (κ2) is 5.97. The molecule has 0 aliphatic carbocycles. The number of nitrogens with one attached hydrogen (secondary N) is 1. The highest BCUT2D eigenvalue weighted by molar-refractivity contribution is 5.98. The Hall–Kier alpha value is -2.15. The molecule has 1 aromatic rings. The van der Waals surface area contributed by atoms with E-state index < -0.39 is 24.0 Å². The summed E-state index contributed by atoms with van der Waals surface area (Å²) in [6.45, 7) is 1.28. The second-order valence-corrected chi connectivity index (χ2v) is 3.59. The summed E-state index contributed by atoms with van der Waals surface area (Å²) in [6.07, 6.45) is 0.230. The van der Waals surface area contributed by atoms with Crippen molar-refractivity contribution in [1.29, 1.82) is 0 Å². The lowest BCUT2D eigenvalue weighted by molar-refractivity contribution is -0.141. The van der Waals surface area contributed by atoms with Crippen molar-refractivity contribution < 1.29 is 24.5 Å². The predicted octanol–water partition coefficient (Wildman–Crippen LogP) is -0.346. The number of aliphatic hydroxyl groups is 1. The van der Waals surface area contributed by atoms with Gasteiger partial charge < -0.3 is 20.3 Å². The zero-order chi connectivity index (χ0) is 13.7. The zero-order valence-electron chi connectivity index (χ0n) is 9.95. The quantitative estimate of drug-likeness (QED) is 0.663.